The van der Waals surface area contributed by atoms with Crippen LogP contribution in [0.2, 0.25) is 0 Å². The fourth-order valence-corrected chi connectivity index (χ4v) is 3.50. The van der Waals surface area contributed by atoms with Crippen LogP contribution in [0.15, 0.2) is 48.5 Å². The minimum Gasteiger partial charge on any atom is -0.488 e. The Balaban J connectivity index is 1.62. The zero-order valence-corrected chi connectivity index (χ0v) is 15.1. The standard InChI is InChI=1S/C19H20INO2/c20-17-12-15(19(22)21-16-8-4-5-9-16)10-11-18(17)23-13-14-6-2-1-3-7-14/h1-3,6-7,10-12,16H,4-5,8-9,13H2,(H,21,22). The molecule has 120 valence electrons. The van der Waals surface area contributed by atoms with E-state index in [0.29, 0.717) is 18.2 Å². The van der Waals surface area contributed by atoms with E-state index < -0.39 is 0 Å². The smallest absolute Gasteiger partial charge is 0.251 e. The van der Waals surface area contributed by atoms with Gasteiger partial charge in [0.25, 0.3) is 5.91 Å². The molecule has 0 unspecified atom stereocenters. The highest BCUT2D eigenvalue weighted by Crippen LogP contribution is 2.24. The number of halogens is 1. The topological polar surface area (TPSA) is 38.3 Å². The van der Waals surface area contributed by atoms with Crippen molar-refractivity contribution >= 4 is 28.5 Å². The Bertz CT molecular complexity index is 666. The summed E-state index contributed by atoms with van der Waals surface area (Å²) in [5.74, 6) is 0.830. The van der Waals surface area contributed by atoms with E-state index in [4.69, 9.17) is 4.74 Å². The Hall–Kier alpha value is -1.56. The molecule has 1 aliphatic rings. The molecule has 3 rings (SSSR count). The van der Waals surface area contributed by atoms with Gasteiger partial charge in [0.1, 0.15) is 12.4 Å². The van der Waals surface area contributed by atoms with Gasteiger partial charge in [0, 0.05) is 11.6 Å². The van der Waals surface area contributed by atoms with Gasteiger partial charge in [-0.2, -0.15) is 0 Å². The number of hydrogen-bond donors (Lipinski definition) is 1. The Morgan fingerprint density at radius 3 is 2.57 bits per heavy atom. The van der Waals surface area contributed by atoms with Gasteiger partial charge in [-0.25, -0.2) is 0 Å². The van der Waals surface area contributed by atoms with Crippen LogP contribution in [0.5, 0.6) is 5.75 Å². The summed E-state index contributed by atoms with van der Waals surface area (Å²) in [6.45, 7) is 0.532. The monoisotopic (exact) mass is 421 g/mol. The molecule has 0 saturated heterocycles. The molecule has 23 heavy (non-hydrogen) atoms. The normalized spacial score (nSPS) is 14.7. The van der Waals surface area contributed by atoms with Crippen molar-refractivity contribution in [2.24, 2.45) is 0 Å². The zero-order chi connectivity index (χ0) is 16.1. The Kier molecular flexibility index (Phi) is 5.54. The second-order valence-corrected chi connectivity index (χ2v) is 7.04. The van der Waals surface area contributed by atoms with Crippen molar-refractivity contribution in [1.82, 2.24) is 5.32 Å². The van der Waals surface area contributed by atoms with Crippen LogP contribution in [0.1, 0.15) is 41.6 Å². The number of nitrogens with one attached hydrogen (secondary N) is 1. The highest BCUT2D eigenvalue weighted by atomic mass is 127. The molecule has 0 radical (unpaired) electrons. The van der Waals surface area contributed by atoms with E-state index in [1.54, 1.807) is 0 Å². The maximum absolute atomic E-state index is 12.3. The third kappa shape index (κ3) is 4.47. The molecule has 1 amide bonds. The summed E-state index contributed by atoms with van der Waals surface area (Å²) in [5, 5.41) is 3.12. The molecular weight excluding hydrogens is 401 g/mol. The number of hydrogen-bond acceptors (Lipinski definition) is 2. The first-order chi connectivity index (χ1) is 11.2. The van der Waals surface area contributed by atoms with Crippen molar-refractivity contribution in [1.29, 1.82) is 0 Å². The van der Waals surface area contributed by atoms with Crippen LogP contribution in [0.25, 0.3) is 0 Å². The van der Waals surface area contributed by atoms with E-state index in [1.165, 1.54) is 12.8 Å². The fourth-order valence-electron chi connectivity index (χ4n) is 2.83. The molecule has 0 spiro atoms. The van der Waals surface area contributed by atoms with E-state index in [9.17, 15) is 4.79 Å². The van der Waals surface area contributed by atoms with Crippen LogP contribution < -0.4 is 10.1 Å². The number of ether oxygens (including phenoxy) is 1. The molecule has 3 nitrogen and oxygen atoms in total. The summed E-state index contributed by atoms with van der Waals surface area (Å²) in [6.07, 6.45) is 4.63. The predicted octanol–water partition coefficient (Wildman–Crippen LogP) is 4.54. The summed E-state index contributed by atoms with van der Waals surface area (Å²) in [4.78, 5) is 12.3. The Labute approximate surface area is 150 Å². The van der Waals surface area contributed by atoms with Gasteiger partial charge in [0.2, 0.25) is 0 Å². The van der Waals surface area contributed by atoms with Crippen LogP contribution in [0.3, 0.4) is 0 Å². The van der Waals surface area contributed by atoms with E-state index in [2.05, 4.69) is 27.9 Å². The second-order valence-electron chi connectivity index (χ2n) is 5.87. The molecule has 2 aromatic rings. The first-order valence-electron chi connectivity index (χ1n) is 7.99. The Morgan fingerprint density at radius 1 is 1.13 bits per heavy atom. The fraction of sp³-hybridized carbons (Fsp3) is 0.316. The lowest BCUT2D eigenvalue weighted by molar-refractivity contribution is 0.0937. The largest absolute Gasteiger partial charge is 0.488 e. The minimum atomic E-state index is 0.0180. The van der Waals surface area contributed by atoms with Gasteiger partial charge in [0.05, 0.1) is 3.57 Å². The summed E-state index contributed by atoms with van der Waals surface area (Å²) >= 11 is 2.22. The molecule has 0 bridgehead atoms. The van der Waals surface area contributed by atoms with Crippen molar-refractivity contribution < 1.29 is 9.53 Å². The molecule has 4 heteroatoms. The summed E-state index contributed by atoms with van der Waals surface area (Å²) in [6, 6.07) is 16.0. The van der Waals surface area contributed by atoms with Crippen LogP contribution in [-0.4, -0.2) is 11.9 Å². The summed E-state index contributed by atoms with van der Waals surface area (Å²) in [7, 11) is 0. The maximum atomic E-state index is 12.3. The van der Waals surface area contributed by atoms with Gasteiger partial charge in [-0.05, 0) is 59.2 Å². The number of benzene rings is 2. The summed E-state index contributed by atoms with van der Waals surface area (Å²) < 4.78 is 6.81. The van der Waals surface area contributed by atoms with Crippen LogP contribution in [0, 0.1) is 3.57 Å². The quantitative estimate of drug-likeness (QED) is 0.720. The highest BCUT2D eigenvalue weighted by Gasteiger charge is 2.18. The van der Waals surface area contributed by atoms with E-state index >= 15 is 0 Å². The van der Waals surface area contributed by atoms with Crippen LogP contribution >= 0.6 is 22.6 Å². The van der Waals surface area contributed by atoms with Gasteiger partial charge in [-0.1, -0.05) is 43.2 Å². The average molecular weight is 421 g/mol. The summed E-state index contributed by atoms with van der Waals surface area (Å²) in [5.41, 5.74) is 1.83. The maximum Gasteiger partial charge on any atom is 0.251 e. The lowest BCUT2D eigenvalue weighted by Crippen LogP contribution is -2.32. The molecule has 2 aromatic carbocycles. The van der Waals surface area contributed by atoms with E-state index in [0.717, 1.165) is 27.7 Å². The molecule has 0 aromatic heterocycles. The van der Waals surface area contributed by atoms with Crippen molar-refractivity contribution in [2.75, 3.05) is 0 Å². The third-order valence-corrected chi connectivity index (χ3v) is 4.96. The first-order valence-corrected chi connectivity index (χ1v) is 9.07. The van der Waals surface area contributed by atoms with Crippen LogP contribution in [0.4, 0.5) is 0 Å². The third-order valence-electron chi connectivity index (χ3n) is 4.12. The zero-order valence-electron chi connectivity index (χ0n) is 12.9. The number of carbonyl (C=O) groups excluding carboxylic acids is 1. The molecule has 1 fully saturated rings. The lowest BCUT2D eigenvalue weighted by Gasteiger charge is -2.13. The van der Waals surface area contributed by atoms with Gasteiger partial charge in [-0.3, -0.25) is 4.79 Å². The first kappa shape index (κ1) is 16.3. The van der Waals surface area contributed by atoms with Crippen LogP contribution in [-0.2, 0) is 6.61 Å². The average Bonchev–Trinajstić information content (AvgIpc) is 3.07. The second kappa shape index (κ2) is 7.81. The van der Waals surface area contributed by atoms with Gasteiger partial charge in [0.15, 0.2) is 0 Å². The van der Waals surface area contributed by atoms with Crippen molar-refractivity contribution in [3.05, 3.63) is 63.2 Å². The molecule has 1 N–H and O–H groups in total. The molecule has 0 heterocycles. The van der Waals surface area contributed by atoms with Crippen molar-refractivity contribution in [3.8, 4) is 5.75 Å². The number of amides is 1. The molecule has 1 saturated carbocycles. The molecule has 0 aliphatic heterocycles. The highest BCUT2D eigenvalue weighted by molar-refractivity contribution is 14.1. The van der Waals surface area contributed by atoms with Crippen molar-refractivity contribution in [3.63, 3.8) is 0 Å². The van der Waals surface area contributed by atoms with Gasteiger partial charge >= 0.3 is 0 Å². The number of carbonyl (C=O) groups is 1. The van der Waals surface area contributed by atoms with Gasteiger partial charge < -0.3 is 10.1 Å². The van der Waals surface area contributed by atoms with E-state index in [1.807, 2.05) is 48.5 Å². The minimum absolute atomic E-state index is 0.0180. The Morgan fingerprint density at radius 2 is 1.87 bits per heavy atom. The number of rotatable bonds is 5. The predicted molar refractivity (Wildman–Crippen MR) is 99.7 cm³/mol. The molecule has 1 aliphatic carbocycles. The van der Waals surface area contributed by atoms with E-state index in [-0.39, 0.29) is 5.91 Å². The SMILES string of the molecule is O=C(NC1CCCC1)c1ccc(OCc2ccccc2)c(I)c1. The van der Waals surface area contributed by atoms with Crippen molar-refractivity contribution in [2.45, 2.75) is 38.3 Å². The lowest BCUT2D eigenvalue weighted by atomic mass is 10.1. The molecule has 0 atom stereocenters. The van der Waals surface area contributed by atoms with Gasteiger partial charge in [-0.15, -0.1) is 0 Å². The molecular formula is C19H20INO2.